The molecule has 0 radical (unpaired) electrons. The van der Waals surface area contributed by atoms with Crippen molar-refractivity contribution in [2.45, 2.75) is 62.3 Å². The van der Waals surface area contributed by atoms with Crippen LogP contribution in [0.4, 0.5) is 22.0 Å². The summed E-state index contributed by atoms with van der Waals surface area (Å²) in [5.41, 5.74) is -1.16. The van der Waals surface area contributed by atoms with Crippen molar-refractivity contribution >= 4 is 5.91 Å². The summed E-state index contributed by atoms with van der Waals surface area (Å²) in [4.78, 5) is 15.3. The number of alkyl halides is 4. The first kappa shape index (κ1) is 26.9. The van der Waals surface area contributed by atoms with Crippen molar-refractivity contribution in [2.24, 2.45) is 0 Å². The highest BCUT2D eigenvalue weighted by atomic mass is 19.4. The maximum absolute atomic E-state index is 14.8. The fourth-order valence-electron chi connectivity index (χ4n) is 6.31. The number of aryl methyl sites for hydroxylation is 1. The number of halogens is 5. The lowest BCUT2D eigenvalue weighted by Crippen LogP contribution is -2.49. The van der Waals surface area contributed by atoms with Crippen LogP contribution in [0.5, 0.6) is 0 Å². The molecular weight excluding hydrogens is 511 g/mol. The van der Waals surface area contributed by atoms with E-state index in [1.165, 1.54) is 24.3 Å². The van der Waals surface area contributed by atoms with E-state index in [0.717, 1.165) is 16.7 Å². The Labute approximate surface area is 223 Å². The van der Waals surface area contributed by atoms with E-state index in [9.17, 15) is 26.7 Å². The highest BCUT2D eigenvalue weighted by Crippen LogP contribution is 2.51. The van der Waals surface area contributed by atoms with Gasteiger partial charge in [-0.15, -0.1) is 0 Å². The molecule has 0 aromatic heterocycles. The molecule has 2 aliphatic rings. The quantitative estimate of drug-likeness (QED) is 0.339. The normalized spacial score (nSPS) is 22.0. The summed E-state index contributed by atoms with van der Waals surface area (Å²) >= 11 is 0. The summed E-state index contributed by atoms with van der Waals surface area (Å²) in [6.45, 7) is 0.974. The molecule has 0 bridgehead atoms. The van der Waals surface area contributed by atoms with E-state index in [1.807, 2.05) is 4.90 Å². The van der Waals surface area contributed by atoms with Crippen molar-refractivity contribution in [1.29, 1.82) is 5.26 Å². The minimum Gasteiger partial charge on any atom is -0.338 e. The van der Waals surface area contributed by atoms with Gasteiger partial charge in [-0.25, -0.2) is 8.78 Å². The number of fused-ring (bicyclic) bond motifs is 3. The number of hydrogen-bond acceptors (Lipinski definition) is 2. The Bertz CT molecular complexity index is 1440. The molecule has 1 aliphatic carbocycles. The van der Waals surface area contributed by atoms with E-state index in [2.05, 4.69) is 6.07 Å². The van der Waals surface area contributed by atoms with Crippen LogP contribution < -0.4 is 0 Å². The lowest BCUT2D eigenvalue weighted by molar-refractivity contribution is -0.228. The molecule has 1 aliphatic heterocycles. The van der Waals surface area contributed by atoms with Gasteiger partial charge in [0.1, 0.15) is 5.82 Å². The average Bonchev–Trinajstić information content (AvgIpc) is 3.27. The summed E-state index contributed by atoms with van der Waals surface area (Å²) in [5, 5.41) is 9.04. The highest BCUT2D eigenvalue weighted by Gasteiger charge is 2.55. The van der Waals surface area contributed by atoms with Crippen molar-refractivity contribution < 1.29 is 26.7 Å². The Balaban J connectivity index is 1.52. The number of benzene rings is 3. The van der Waals surface area contributed by atoms with Gasteiger partial charge in [0.2, 0.25) is 11.6 Å². The van der Waals surface area contributed by atoms with Crippen molar-refractivity contribution in [3.63, 3.8) is 0 Å². The fourth-order valence-corrected chi connectivity index (χ4v) is 6.31. The van der Waals surface area contributed by atoms with E-state index in [-0.39, 0.29) is 18.4 Å². The molecule has 39 heavy (non-hydrogen) atoms. The second kappa shape index (κ2) is 9.78. The third kappa shape index (κ3) is 4.80. The van der Waals surface area contributed by atoms with Gasteiger partial charge >= 0.3 is 6.18 Å². The third-order valence-electron chi connectivity index (χ3n) is 8.38. The van der Waals surface area contributed by atoms with Gasteiger partial charge in [0.25, 0.3) is 0 Å². The van der Waals surface area contributed by atoms with Gasteiger partial charge in [-0.1, -0.05) is 42.5 Å². The molecule has 3 aromatic rings. The number of carbonyl (C=O) groups is 1. The molecule has 8 heteroatoms. The summed E-state index contributed by atoms with van der Waals surface area (Å²) in [6, 6.07) is 18.9. The second-order valence-electron chi connectivity index (χ2n) is 10.7. The van der Waals surface area contributed by atoms with Crippen LogP contribution in [-0.2, 0) is 35.1 Å². The standard InChI is InChI=1S/C31H27F5N2O/c1-29(33,31(34,35)36)24-10-11-26-23(17-24)9-12-27-30(26,18-22-3-2-4-25(32)15-22)13-14-38(27)28(39)16-20-5-7-21(19-37)8-6-20/h2-8,10-11,15,17,27H,9,12-14,16,18H2,1H3. The smallest absolute Gasteiger partial charge is 0.338 e. The number of hydrogen-bond donors (Lipinski definition) is 0. The van der Waals surface area contributed by atoms with Gasteiger partial charge in [0.05, 0.1) is 18.1 Å². The van der Waals surface area contributed by atoms with Gasteiger partial charge < -0.3 is 4.90 Å². The van der Waals surface area contributed by atoms with Gasteiger partial charge in [0, 0.05) is 18.0 Å². The van der Waals surface area contributed by atoms with Gasteiger partial charge in [0.15, 0.2) is 0 Å². The maximum Gasteiger partial charge on any atom is 0.426 e. The number of nitriles is 1. The average molecular weight is 539 g/mol. The third-order valence-corrected chi connectivity index (χ3v) is 8.38. The van der Waals surface area contributed by atoms with Crippen molar-refractivity contribution in [1.82, 2.24) is 4.90 Å². The highest BCUT2D eigenvalue weighted by molar-refractivity contribution is 5.80. The zero-order valence-electron chi connectivity index (χ0n) is 21.4. The minimum absolute atomic E-state index is 0.0840. The molecule has 5 rings (SSSR count). The molecule has 3 aromatic carbocycles. The van der Waals surface area contributed by atoms with Crippen LogP contribution in [0.25, 0.3) is 0 Å². The molecule has 1 saturated heterocycles. The van der Waals surface area contributed by atoms with Crippen molar-refractivity contribution in [2.75, 3.05) is 6.54 Å². The summed E-state index contributed by atoms with van der Waals surface area (Å²) in [5.74, 6) is -0.476. The predicted octanol–water partition coefficient (Wildman–Crippen LogP) is 6.71. The minimum atomic E-state index is -5.06. The Morgan fingerprint density at radius 3 is 2.46 bits per heavy atom. The van der Waals surface area contributed by atoms with Crippen LogP contribution in [-0.4, -0.2) is 29.6 Å². The summed E-state index contributed by atoms with van der Waals surface area (Å²) in [7, 11) is 0. The van der Waals surface area contributed by atoms with E-state index in [1.54, 1.807) is 42.5 Å². The lowest BCUT2D eigenvalue weighted by Gasteiger charge is -2.44. The van der Waals surface area contributed by atoms with Gasteiger partial charge in [-0.05, 0) is 84.7 Å². The number of amides is 1. The number of carbonyl (C=O) groups excluding carboxylic acids is 1. The van der Waals surface area contributed by atoms with E-state index < -0.39 is 28.6 Å². The Kier molecular flexibility index (Phi) is 6.74. The first-order chi connectivity index (χ1) is 18.4. The van der Waals surface area contributed by atoms with Crippen molar-refractivity contribution in [3.8, 4) is 6.07 Å². The Morgan fingerprint density at radius 1 is 1.05 bits per heavy atom. The zero-order chi connectivity index (χ0) is 28.0. The SMILES string of the molecule is CC(F)(c1ccc2c(c1)CCC1N(C(=O)Cc3ccc(C#N)cc3)CCC21Cc1cccc(F)c1)C(F)(F)F. The van der Waals surface area contributed by atoms with Crippen LogP contribution in [0.3, 0.4) is 0 Å². The van der Waals surface area contributed by atoms with Gasteiger partial charge in [-0.2, -0.15) is 18.4 Å². The lowest BCUT2D eigenvalue weighted by atomic mass is 9.63. The van der Waals surface area contributed by atoms with Crippen LogP contribution >= 0.6 is 0 Å². The molecule has 202 valence electrons. The molecule has 3 nitrogen and oxygen atoms in total. The first-order valence-corrected chi connectivity index (χ1v) is 12.9. The molecule has 1 heterocycles. The van der Waals surface area contributed by atoms with Crippen LogP contribution in [0.15, 0.2) is 66.7 Å². The molecule has 0 N–H and O–H groups in total. The summed E-state index contributed by atoms with van der Waals surface area (Å²) < 4.78 is 69.3. The largest absolute Gasteiger partial charge is 0.426 e. The molecule has 1 fully saturated rings. The zero-order valence-corrected chi connectivity index (χ0v) is 21.4. The van der Waals surface area contributed by atoms with E-state index in [0.29, 0.717) is 50.3 Å². The number of nitrogens with zero attached hydrogens (tertiary/aromatic N) is 2. The maximum atomic E-state index is 14.8. The molecule has 1 amide bonds. The van der Waals surface area contributed by atoms with Crippen molar-refractivity contribution in [3.05, 3.63) is 106 Å². The Morgan fingerprint density at radius 2 is 1.79 bits per heavy atom. The predicted molar refractivity (Wildman–Crippen MR) is 136 cm³/mol. The summed E-state index contributed by atoms with van der Waals surface area (Å²) in [6.07, 6.45) is -3.07. The van der Waals surface area contributed by atoms with E-state index in [4.69, 9.17) is 5.26 Å². The molecule has 3 unspecified atom stereocenters. The number of rotatable bonds is 5. The van der Waals surface area contributed by atoms with Gasteiger partial charge in [-0.3, -0.25) is 4.79 Å². The van der Waals surface area contributed by atoms with Crippen LogP contribution in [0.2, 0.25) is 0 Å². The molecule has 3 atom stereocenters. The topological polar surface area (TPSA) is 44.1 Å². The number of likely N-dealkylation sites (tertiary alicyclic amines) is 1. The fraction of sp³-hybridized carbons (Fsp3) is 0.355. The van der Waals surface area contributed by atoms with E-state index >= 15 is 0 Å². The molecular formula is C31H27F5N2O. The molecule has 0 saturated carbocycles. The second-order valence-corrected chi connectivity index (χ2v) is 10.7. The van der Waals surface area contributed by atoms with Crippen LogP contribution in [0, 0.1) is 17.1 Å². The molecule has 0 spiro atoms. The monoisotopic (exact) mass is 538 g/mol. The van der Waals surface area contributed by atoms with Crippen LogP contribution in [0.1, 0.15) is 53.1 Å². The Hall–Kier alpha value is -3.73. The first-order valence-electron chi connectivity index (χ1n) is 12.9.